The Morgan fingerprint density at radius 1 is 0.524 bits per heavy atom. The predicted molar refractivity (Wildman–Crippen MR) is 180 cm³/mol. The van der Waals surface area contributed by atoms with Crippen molar-refractivity contribution in [2.75, 3.05) is 4.90 Å². The van der Waals surface area contributed by atoms with Gasteiger partial charge in [-0.3, -0.25) is 0 Å². The maximum atomic E-state index is 6.25. The first-order valence-electron chi connectivity index (χ1n) is 13.9. The van der Waals surface area contributed by atoms with E-state index in [2.05, 4.69) is 108 Å². The molecular weight excluding hydrogens is 553 g/mol. The summed E-state index contributed by atoms with van der Waals surface area (Å²) in [6.07, 6.45) is 0. The van der Waals surface area contributed by atoms with Crippen LogP contribution in [0.15, 0.2) is 138 Å². The van der Waals surface area contributed by atoms with Crippen molar-refractivity contribution in [3.63, 3.8) is 0 Å². The summed E-state index contributed by atoms with van der Waals surface area (Å²) in [6, 6.07) is 47.2. The van der Waals surface area contributed by atoms with Crippen LogP contribution in [0.5, 0.6) is 0 Å². The third kappa shape index (κ3) is 3.68. The summed E-state index contributed by atoms with van der Waals surface area (Å²) in [7, 11) is 0. The van der Waals surface area contributed by atoms with Gasteiger partial charge in [0.25, 0.3) is 0 Å². The van der Waals surface area contributed by atoms with Crippen molar-refractivity contribution in [2.45, 2.75) is 0 Å². The minimum atomic E-state index is 0.653. The monoisotopic (exact) mass is 574 g/mol. The summed E-state index contributed by atoms with van der Waals surface area (Å²) in [6.45, 7) is 0. The first kappa shape index (κ1) is 23.7. The van der Waals surface area contributed by atoms with E-state index < -0.39 is 0 Å². The van der Waals surface area contributed by atoms with Crippen LogP contribution in [0.2, 0.25) is 0 Å². The average molecular weight is 575 g/mol. The standard InChI is InChI=1S/C37H22N2OS2/c1-3-10-23(11-4-1)37-38-30-22-35-29(21-32(30)40-37)27-15-9-16-31(36(27)42-35)39(24-12-5-2-6-13-24)25-18-19-34-28(20-25)26-14-7-8-17-33(26)41-34/h1-22H. The third-order valence-corrected chi connectivity index (χ3v) is 10.2. The molecule has 3 nitrogen and oxygen atoms in total. The van der Waals surface area contributed by atoms with Crippen molar-refractivity contribution in [3.05, 3.63) is 133 Å². The molecule has 3 aromatic heterocycles. The second-order valence-electron chi connectivity index (χ2n) is 10.4. The number of anilines is 3. The number of aromatic nitrogens is 1. The molecule has 3 heterocycles. The minimum absolute atomic E-state index is 0.653. The van der Waals surface area contributed by atoms with E-state index in [4.69, 9.17) is 9.40 Å². The Balaban J connectivity index is 1.26. The van der Waals surface area contributed by atoms with Gasteiger partial charge in [-0.05, 0) is 66.7 Å². The molecule has 0 amide bonds. The van der Waals surface area contributed by atoms with Crippen molar-refractivity contribution < 1.29 is 4.42 Å². The van der Waals surface area contributed by atoms with Crippen molar-refractivity contribution in [1.82, 2.24) is 4.98 Å². The molecule has 0 atom stereocenters. The zero-order valence-electron chi connectivity index (χ0n) is 22.3. The molecule has 9 aromatic rings. The molecule has 198 valence electrons. The van der Waals surface area contributed by atoms with Crippen LogP contribution in [0, 0.1) is 0 Å². The molecule has 0 saturated carbocycles. The topological polar surface area (TPSA) is 29.3 Å². The fraction of sp³-hybridized carbons (Fsp3) is 0. The molecule has 0 N–H and O–H groups in total. The van der Waals surface area contributed by atoms with Gasteiger partial charge < -0.3 is 9.32 Å². The number of nitrogens with zero attached hydrogens (tertiary/aromatic N) is 2. The molecule has 0 spiro atoms. The van der Waals surface area contributed by atoms with Gasteiger partial charge in [-0.1, -0.05) is 66.7 Å². The molecule has 0 aliphatic rings. The Morgan fingerprint density at radius 2 is 1.26 bits per heavy atom. The third-order valence-electron chi connectivity index (χ3n) is 7.88. The highest BCUT2D eigenvalue weighted by Gasteiger charge is 2.20. The first-order valence-corrected chi connectivity index (χ1v) is 15.5. The summed E-state index contributed by atoms with van der Waals surface area (Å²) in [5.41, 5.74) is 6.10. The van der Waals surface area contributed by atoms with Gasteiger partial charge in [0.05, 0.1) is 10.4 Å². The van der Waals surface area contributed by atoms with Crippen LogP contribution < -0.4 is 4.90 Å². The number of hydrogen-bond donors (Lipinski definition) is 0. The second kappa shape index (κ2) is 9.28. The van der Waals surface area contributed by atoms with Gasteiger partial charge in [0.1, 0.15) is 5.52 Å². The molecule has 42 heavy (non-hydrogen) atoms. The lowest BCUT2D eigenvalue weighted by atomic mass is 10.1. The van der Waals surface area contributed by atoms with Crippen LogP contribution in [0.3, 0.4) is 0 Å². The van der Waals surface area contributed by atoms with Crippen molar-refractivity contribution in [1.29, 1.82) is 0 Å². The lowest BCUT2D eigenvalue weighted by Gasteiger charge is -2.26. The number of benzene rings is 6. The summed E-state index contributed by atoms with van der Waals surface area (Å²) < 4.78 is 11.3. The van der Waals surface area contributed by atoms with E-state index >= 15 is 0 Å². The molecule has 0 aliphatic carbocycles. The molecular formula is C37H22N2OS2. The van der Waals surface area contributed by atoms with Gasteiger partial charge in [0.15, 0.2) is 5.58 Å². The van der Waals surface area contributed by atoms with E-state index in [-0.39, 0.29) is 0 Å². The van der Waals surface area contributed by atoms with Crippen LogP contribution in [-0.2, 0) is 0 Å². The SMILES string of the molecule is c1ccc(-c2nc3cc4sc5c(N(c6ccccc6)c6ccc7sc8ccccc8c7c6)cccc5c4cc3o2)cc1. The largest absolute Gasteiger partial charge is 0.436 e. The Kier molecular flexibility index (Phi) is 5.24. The first-order chi connectivity index (χ1) is 20.8. The molecule has 0 bridgehead atoms. The number of hydrogen-bond acceptors (Lipinski definition) is 5. The summed E-state index contributed by atoms with van der Waals surface area (Å²) in [5.74, 6) is 0.653. The van der Waals surface area contributed by atoms with E-state index in [1.54, 1.807) is 0 Å². The zero-order chi connectivity index (χ0) is 27.6. The molecule has 0 aliphatic heterocycles. The number of rotatable bonds is 4. The summed E-state index contributed by atoms with van der Waals surface area (Å²) in [5, 5.41) is 5.00. The van der Waals surface area contributed by atoms with Gasteiger partial charge in [-0.15, -0.1) is 22.7 Å². The zero-order valence-corrected chi connectivity index (χ0v) is 24.0. The highest BCUT2D eigenvalue weighted by Crippen LogP contribution is 2.47. The number of para-hydroxylation sites is 1. The van der Waals surface area contributed by atoms with Crippen LogP contribution in [0.4, 0.5) is 17.1 Å². The quantitative estimate of drug-likeness (QED) is 0.209. The van der Waals surface area contributed by atoms with Gasteiger partial charge in [-0.25, -0.2) is 4.98 Å². The highest BCUT2D eigenvalue weighted by atomic mass is 32.1. The normalized spacial score (nSPS) is 11.8. The number of fused-ring (bicyclic) bond motifs is 7. The predicted octanol–water partition coefficient (Wildman–Crippen LogP) is 11.7. The molecule has 0 unspecified atom stereocenters. The van der Waals surface area contributed by atoms with Crippen LogP contribution >= 0.6 is 22.7 Å². The lowest BCUT2D eigenvalue weighted by Crippen LogP contribution is -2.09. The molecule has 6 aromatic carbocycles. The Bertz CT molecular complexity index is 2420. The summed E-state index contributed by atoms with van der Waals surface area (Å²) in [4.78, 5) is 7.22. The van der Waals surface area contributed by atoms with Crippen molar-refractivity contribution in [3.8, 4) is 11.5 Å². The fourth-order valence-electron chi connectivity index (χ4n) is 5.94. The van der Waals surface area contributed by atoms with Crippen LogP contribution in [0.25, 0.3) is 62.9 Å². The van der Waals surface area contributed by atoms with Crippen LogP contribution in [0.1, 0.15) is 0 Å². The van der Waals surface area contributed by atoms with Crippen molar-refractivity contribution >= 4 is 91.2 Å². The number of oxazole rings is 1. The second-order valence-corrected chi connectivity index (χ2v) is 12.5. The minimum Gasteiger partial charge on any atom is -0.436 e. The maximum absolute atomic E-state index is 6.25. The van der Waals surface area contributed by atoms with Crippen LogP contribution in [-0.4, -0.2) is 4.98 Å². The highest BCUT2D eigenvalue weighted by molar-refractivity contribution is 7.26. The summed E-state index contributed by atoms with van der Waals surface area (Å²) >= 11 is 3.66. The number of thiophene rings is 2. The van der Waals surface area contributed by atoms with E-state index in [0.717, 1.165) is 33.7 Å². The van der Waals surface area contributed by atoms with Crippen molar-refractivity contribution in [2.24, 2.45) is 0 Å². The van der Waals surface area contributed by atoms with E-state index in [1.165, 1.54) is 40.3 Å². The average Bonchev–Trinajstić information content (AvgIpc) is 3.74. The van der Waals surface area contributed by atoms with Gasteiger partial charge in [-0.2, -0.15) is 0 Å². The van der Waals surface area contributed by atoms with E-state index in [1.807, 2.05) is 53.0 Å². The van der Waals surface area contributed by atoms with Gasteiger partial charge in [0, 0.05) is 52.6 Å². The molecule has 5 heteroatoms. The molecule has 9 rings (SSSR count). The van der Waals surface area contributed by atoms with E-state index in [9.17, 15) is 0 Å². The molecule has 0 fully saturated rings. The lowest BCUT2D eigenvalue weighted by molar-refractivity contribution is 0.620. The Morgan fingerprint density at radius 3 is 2.14 bits per heavy atom. The smallest absolute Gasteiger partial charge is 0.227 e. The fourth-order valence-corrected chi connectivity index (χ4v) is 8.25. The maximum Gasteiger partial charge on any atom is 0.227 e. The molecule has 0 saturated heterocycles. The van der Waals surface area contributed by atoms with Gasteiger partial charge >= 0.3 is 0 Å². The Labute approximate surface area is 249 Å². The Hall–Kier alpha value is -4.97. The van der Waals surface area contributed by atoms with Gasteiger partial charge in [0.2, 0.25) is 5.89 Å². The van der Waals surface area contributed by atoms with E-state index in [0.29, 0.717) is 5.89 Å². The molecule has 0 radical (unpaired) electrons.